The van der Waals surface area contributed by atoms with E-state index >= 15 is 0 Å². The number of hydrogen-bond acceptors (Lipinski definition) is 3. The number of halogens is 1. The summed E-state index contributed by atoms with van der Waals surface area (Å²) in [5.74, 6) is 2.27. The maximum atomic E-state index is 5.77. The Hall–Kier alpha value is -1.77. The van der Waals surface area contributed by atoms with Gasteiger partial charge in [0.05, 0.1) is 18.3 Å². The van der Waals surface area contributed by atoms with Gasteiger partial charge in [0.15, 0.2) is 5.96 Å². The van der Waals surface area contributed by atoms with Crippen molar-refractivity contribution in [3.8, 4) is 5.75 Å². The summed E-state index contributed by atoms with van der Waals surface area (Å²) in [6.07, 6.45) is 0.887. The third-order valence-corrected chi connectivity index (χ3v) is 4.95. The SMILES string of the molecule is CCNC(=NCCc1c(C)nn(C)c1C)NC(C)c1ccc(OCC(C)C)cc1.I. The van der Waals surface area contributed by atoms with Gasteiger partial charge in [0, 0.05) is 25.8 Å². The van der Waals surface area contributed by atoms with Crippen LogP contribution in [0.4, 0.5) is 0 Å². The summed E-state index contributed by atoms with van der Waals surface area (Å²) in [6.45, 7) is 15.0. The highest BCUT2D eigenvalue weighted by molar-refractivity contribution is 14.0. The van der Waals surface area contributed by atoms with Gasteiger partial charge in [-0.25, -0.2) is 0 Å². The van der Waals surface area contributed by atoms with Gasteiger partial charge >= 0.3 is 0 Å². The third kappa shape index (κ3) is 7.81. The van der Waals surface area contributed by atoms with Crippen LogP contribution in [0.5, 0.6) is 5.75 Å². The standard InChI is InChI=1S/C23H37N5O.HI/c1-8-24-23(25-14-13-22-18(5)27-28(7)19(22)6)26-17(4)20-9-11-21(12-10-20)29-15-16(2)3;/h9-12,16-17H,8,13-15H2,1-7H3,(H2,24,25,26);1H. The Bertz CT molecular complexity index is 799. The maximum absolute atomic E-state index is 5.77. The fourth-order valence-corrected chi connectivity index (χ4v) is 3.18. The van der Waals surface area contributed by atoms with Crippen molar-refractivity contribution in [2.45, 2.75) is 54.0 Å². The molecule has 0 bridgehead atoms. The highest BCUT2D eigenvalue weighted by atomic mass is 127. The molecular weight excluding hydrogens is 489 g/mol. The third-order valence-electron chi connectivity index (χ3n) is 4.95. The fourth-order valence-electron chi connectivity index (χ4n) is 3.18. The molecule has 2 rings (SSSR count). The zero-order valence-electron chi connectivity index (χ0n) is 19.5. The van der Waals surface area contributed by atoms with Crippen LogP contribution in [0.25, 0.3) is 0 Å². The van der Waals surface area contributed by atoms with Gasteiger partial charge in [-0.15, -0.1) is 24.0 Å². The minimum absolute atomic E-state index is 0. The molecule has 0 aliphatic rings. The molecule has 1 atom stereocenters. The number of ether oxygens (including phenoxy) is 1. The molecule has 0 aliphatic carbocycles. The molecule has 168 valence electrons. The second kappa shape index (κ2) is 12.8. The molecule has 2 N–H and O–H groups in total. The number of nitrogens with zero attached hydrogens (tertiary/aromatic N) is 3. The van der Waals surface area contributed by atoms with Crippen LogP contribution in [0, 0.1) is 19.8 Å². The Morgan fingerprint density at radius 1 is 1.17 bits per heavy atom. The molecule has 1 aromatic carbocycles. The largest absolute Gasteiger partial charge is 0.493 e. The van der Waals surface area contributed by atoms with Crippen molar-refractivity contribution < 1.29 is 4.74 Å². The topological polar surface area (TPSA) is 63.5 Å². The van der Waals surface area contributed by atoms with Crippen LogP contribution in [0.15, 0.2) is 29.3 Å². The average Bonchev–Trinajstić information content (AvgIpc) is 2.92. The summed E-state index contributed by atoms with van der Waals surface area (Å²) in [4.78, 5) is 4.76. The van der Waals surface area contributed by atoms with E-state index in [9.17, 15) is 0 Å². The van der Waals surface area contributed by atoms with E-state index in [-0.39, 0.29) is 30.0 Å². The molecule has 0 radical (unpaired) electrons. The van der Waals surface area contributed by atoms with Crippen molar-refractivity contribution in [1.29, 1.82) is 0 Å². The second-order valence-corrected chi connectivity index (χ2v) is 7.92. The van der Waals surface area contributed by atoms with E-state index in [1.54, 1.807) is 0 Å². The lowest BCUT2D eigenvalue weighted by molar-refractivity contribution is 0.271. The molecule has 2 aromatic rings. The van der Waals surface area contributed by atoms with Crippen LogP contribution in [0.1, 0.15) is 56.3 Å². The van der Waals surface area contributed by atoms with E-state index in [2.05, 4.69) is 69.4 Å². The first-order valence-corrected chi connectivity index (χ1v) is 10.6. The van der Waals surface area contributed by atoms with Gasteiger partial charge in [-0.3, -0.25) is 9.67 Å². The first-order valence-electron chi connectivity index (χ1n) is 10.6. The molecule has 6 nitrogen and oxygen atoms in total. The Kier molecular flexibility index (Phi) is 11.2. The highest BCUT2D eigenvalue weighted by Gasteiger charge is 2.10. The van der Waals surface area contributed by atoms with E-state index in [0.717, 1.165) is 43.5 Å². The molecule has 1 aromatic heterocycles. The molecule has 7 heteroatoms. The van der Waals surface area contributed by atoms with Crippen molar-refractivity contribution in [3.05, 3.63) is 46.8 Å². The lowest BCUT2D eigenvalue weighted by Crippen LogP contribution is -2.38. The zero-order valence-corrected chi connectivity index (χ0v) is 21.8. The van der Waals surface area contributed by atoms with E-state index in [1.165, 1.54) is 16.8 Å². The van der Waals surface area contributed by atoms with Gasteiger partial charge in [0.25, 0.3) is 0 Å². The monoisotopic (exact) mass is 527 g/mol. The summed E-state index contributed by atoms with van der Waals surface area (Å²) in [7, 11) is 1.99. The van der Waals surface area contributed by atoms with E-state index < -0.39 is 0 Å². The lowest BCUT2D eigenvalue weighted by Gasteiger charge is -2.19. The minimum Gasteiger partial charge on any atom is -0.493 e. The van der Waals surface area contributed by atoms with Crippen LogP contribution in [0.3, 0.4) is 0 Å². The molecule has 0 saturated carbocycles. The van der Waals surface area contributed by atoms with Crippen LogP contribution >= 0.6 is 24.0 Å². The molecule has 0 fully saturated rings. The fraction of sp³-hybridized carbons (Fsp3) is 0.565. The molecule has 0 spiro atoms. The summed E-state index contributed by atoms with van der Waals surface area (Å²) < 4.78 is 7.71. The van der Waals surface area contributed by atoms with Gasteiger partial charge in [0.2, 0.25) is 0 Å². The quantitative estimate of drug-likeness (QED) is 0.286. The predicted octanol–water partition coefficient (Wildman–Crippen LogP) is 4.55. The van der Waals surface area contributed by atoms with Gasteiger partial charge in [0.1, 0.15) is 5.75 Å². The molecule has 0 aliphatic heterocycles. The Labute approximate surface area is 198 Å². The van der Waals surface area contributed by atoms with Gasteiger partial charge in [-0.1, -0.05) is 26.0 Å². The Morgan fingerprint density at radius 2 is 1.83 bits per heavy atom. The zero-order chi connectivity index (χ0) is 21.4. The number of rotatable bonds is 9. The van der Waals surface area contributed by atoms with Crippen molar-refractivity contribution >= 4 is 29.9 Å². The van der Waals surface area contributed by atoms with Gasteiger partial charge in [-0.2, -0.15) is 5.10 Å². The summed E-state index contributed by atoms with van der Waals surface area (Å²) in [5.41, 5.74) is 4.79. The molecule has 30 heavy (non-hydrogen) atoms. The second-order valence-electron chi connectivity index (χ2n) is 7.92. The number of aromatic nitrogens is 2. The average molecular weight is 527 g/mol. The number of benzene rings is 1. The maximum Gasteiger partial charge on any atom is 0.191 e. The van der Waals surface area contributed by atoms with Crippen molar-refractivity contribution in [1.82, 2.24) is 20.4 Å². The molecule has 0 saturated heterocycles. The molecule has 1 heterocycles. The lowest BCUT2D eigenvalue weighted by atomic mass is 10.1. The normalized spacial score (nSPS) is 12.5. The first kappa shape index (κ1) is 26.3. The van der Waals surface area contributed by atoms with Crippen LogP contribution < -0.4 is 15.4 Å². The summed E-state index contributed by atoms with van der Waals surface area (Å²) in [5, 5.41) is 11.3. The smallest absolute Gasteiger partial charge is 0.191 e. The number of hydrogen-bond donors (Lipinski definition) is 2. The Balaban J connectivity index is 0.00000450. The number of guanidine groups is 1. The summed E-state index contributed by atoms with van der Waals surface area (Å²) in [6, 6.07) is 8.44. The molecular formula is C23H38IN5O. The minimum atomic E-state index is 0. The van der Waals surface area contributed by atoms with E-state index in [0.29, 0.717) is 5.92 Å². The van der Waals surface area contributed by atoms with E-state index in [4.69, 9.17) is 9.73 Å². The summed E-state index contributed by atoms with van der Waals surface area (Å²) >= 11 is 0. The van der Waals surface area contributed by atoms with Crippen molar-refractivity contribution in [2.75, 3.05) is 19.7 Å². The number of aryl methyl sites for hydroxylation is 2. The van der Waals surface area contributed by atoms with Gasteiger partial charge in [-0.05, 0) is 63.3 Å². The molecule has 0 amide bonds. The number of nitrogens with one attached hydrogen (secondary N) is 2. The van der Waals surface area contributed by atoms with Crippen LogP contribution in [-0.2, 0) is 13.5 Å². The number of aliphatic imine (C=N–C) groups is 1. The van der Waals surface area contributed by atoms with Gasteiger partial charge < -0.3 is 15.4 Å². The van der Waals surface area contributed by atoms with Crippen LogP contribution in [0.2, 0.25) is 0 Å². The predicted molar refractivity (Wildman–Crippen MR) is 136 cm³/mol. The van der Waals surface area contributed by atoms with Crippen molar-refractivity contribution in [2.24, 2.45) is 18.0 Å². The van der Waals surface area contributed by atoms with Crippen molar-refractivity contribution in [3.63, 3.8) is 0 Å². The highest BCUT2D eigenvalue weighted by Crippen LogP contribution is 2.18. The first-order chi connectivity index (χ1) is 13.8. The molecule has 1 unspecified atom stereocenters. The van der Waals surface area contributed by atoms with E-state index in [1.807, 2.05) is 23.9 Å². The Morgan fingerprint density at radius 3 is 2.37 bits per heavy atom. The van der Waals surface area contributed by atoms with Crippen LogP contribution in [-0.4, -0.2) is 35.4 Å².